The lowest BCUT2D eigenvalue weighted by molar-refractivity contribution is 0.208. The number of nitrogens with zero attached hydrogens (tertiary/aromatic N) is 2. The van der Waals surface area contributed by atoms with E-state index < -0.39 is 0 Å². The van der Waals surface area contributed by atoms with Gasteiger partial charge in [0.1, 0.15) is 16.2 Å². The molecule has 1 atom stereocenters. The van der Waals surface area contributed by atoms with Crippen LogP contribution in [-0.2, 0) is 0 Å². The van der Waals surface area contributed by atoms with Crippen molar-refractivity contribution in [3.8, 4) is 0 Å². The average Bonchev–Trinajstić information content (AvgIpc) is 2.13. The molecule has 1 aromatic rings. The van der Waals surface area contributed by atoms with Gasteiger partial charge in [-0.05, 0) is 22.9 Å². The molecule has 0 amide bonds. The fraction of sp³-hybridized carbons (Fsp3) is 0.600. The van der Waals surface area contributed by atoms with Gasteiger partial charge in [-0.3, -0.25) is 0 Å². The predicted molar refractivity (Wildman–Crippen MR) is 64.0 cm³/mol. The standard InChI is InChI=1S/C10H16BrN3O/c1-6(2)10-13-8(11)4-9(14-10)12-5-7(3)15/h4,6-7,15H,5H2,1-3H3,(H,12,13,14). The molecule has 0 aromatic carbocycles. The molecule has 0 saturated carbocycles. The molecular formula is C10H16BrN3O. The minimum Gasteiger partial charge on any atom is -0.392 e. The van der Waals surface area contributed by atoms with E-state index in [0.29, 0.717) is 6.54 Å². The van der Waals surface area contributed by atoms with Crippen molar-refractivity contribution in [2.24, 2.45) is 0 Å². The summed E-state index contributed by atoms with van der Waals surface area (Å²) >= 11 is 3.33. The molecule has 15 heavy (non-hydrogen) atoms. The molecule has 0 saturated heterocycles. The van der Waals surface area contributed by atoms with E-state index in [1.807, 2.05) is 13.8 Å². The topological polar surface area (TPSA) is 58.0 Å². The number of anilines is 1. The average molecular weight is 274 g/mol. The van der Waals surface area contributed by atoms with E-state index in [9.17, 15) is 0 Å². The van der Waals surface area contributed by atoms with Crippen LogP contribution in [0.3, 0.4) is 0 Å². The Morgan fingerprint density at radius 3 is 2.60 bits per heavy atom. The number of halogens is 1. The molecule has 1 aromatic heterocycles. The number of rotatable bonds is 4. The molecular weight excluding hydrogens is 258 g/mol. The first-order valence-corrected chi connectivity index (χ1v) is 5.74. The molecule has 0 spiro atoms. The quantitative estimate of drug-likeness (QED) is 0.826. The zero-order chi connectivity index (χ0) is 11.4. The van der Waals surface area contributed by atoms with E-state index in [1.54, 1.807) is 13.0 Å². The van der Waals surface area contributed by atoms with E-state index in [1.165, 1.54) is 0 Å². The van der Waals surface area contributed by atoms with Crippen LogP contribution >= 0.6 is 15.9 Å². The molecule has 84 valence electrons. The second-order valence-electron chi connectivity index (χ2n) is 3.82. The highest BCUT2D eigenvalue weighted by Gasteiger charge is 2.06. The predicted octanol–water partition coefficient (Wildman–Crippen LogP) is 2.16. The molecule has 0 bridgehead atoms. The molecule has 0 aliphatic heterocycles. The first-order valence-electron chi connectivity index (χ1n) is 4.95. The van der Waals surface area contributed by atoms with Crippen LogP contribution < -0.4 is 5.32 Å². The summed E-state index contributed by atoms with van der Waals surface area (Å²) in [6.07, 6.45) is -0.388. The Morgan fingerprint density at radius 1 is 1.40 bits per heavy atom. The van der Waals surface area contributed by atoms with Crippen LogP contribution in [0, 0.1) is 0 Å². The van der Waals surface area contributed by atoms with Crippen LogP contribution in [0.15, 0.2) is 10.7 Å². The first kappa shape index (κ1) is 12.4. The van der Waals surface area contributed by atoms with Gasteiger partial charge in [-0.15, -0.1) is 0 Å². The first-order chi connectivity index (χ1) is 6.99. The summed E-state index contributed by atoms with van der Waals surface area (Å²) < 4.78 is 0.759. The van der Waals surface area contributed by atoms with Crippen molar-refractivity contribution in [2.45, 2.75) is 32.8 Å². The second-order valence-corrected chi connectivity index (χ2v) is 4.63. The lowest BCUT2D eigenvalue weighted by atomic mass is 10.2. The van der Waals surface area contributed by atoms with E-state index in [0.717, 1.165) is 16.2 Å². The maximum atomic E-state index is 9.14. The van der Waals surface area contributed by atoms with E-state index in [4.69, 9.17) is 5.11 Å². The van der Waals surface area contributed by atoms with Crippen LogP contribution in [0.25, 0.3) is 0 Å². The van der Waals surface area contributed by atoms with E-state index in [-0.39, 0.29) is 12.0 Å². The number of aromatic nitrogens is 2. The van der Waals surface area contributed by atoms with Gasteiger partial charge in [0.15, 0.2) is 0 Å². The molecule has 0 fully saturated rings. The molecule has 0 aliphatic rings. The van der Waals surface area contributed by atoms with Crippen molar-refractivity contribution in [3.05, 3.63) is 16.5 Å². The van der Waals surface area contributed by atoms with E-state index >= 15 is 0 Å². The zero-order valence-corrected chi connectivity index (χ0v) is 10.7. The highest BCUT2D eigenvalue weighted by atomic mass is 79.9. The van der Waals surface area contributed by atoms with Crippen molar-refractivity contribution < 1.29 is 5.11 Å². The second kappa shape index (κ2) is 5.42. The fourth-order valence-electron chi connectivity index (χ4n) is 1.04. The van der Waals surface area contributed by atoms with Crippen molar-refractivity contribution in [1.29, 1.82) is 0 Å². The van der Waals surface area contributed by atoms with Crippen LogP contribution in [0.2, 0.25) is 0 Å². The number of hydrogen-bond donors (Lipinski definition) is 2. The van der Waals surface area contributed by atoms with Crippen molar-refractivity contribution in [2.75, 3.05) is 11.9 Å². The molecule has 1 rings (SSSR count). The summed E-state index contributed by atoms with van der Waals surface area (Å²) in [5.41, 5.74) is 0. The Morgan fingerprint density at radius 2 is 2.07 bits per heavy atom. The Balaban J connectivity index is 2.79. The molecule has 0 aliphatic carbocycles. The molecule has 4 nitrogen and oxygen atoms in total. The summed E-state index contributed by atoms with van der Waals surface area (Å²) in [6, 6.07) is 1.80. The Labute approximate surface area is 98.3 Å². The highest BCUT2D eigenvalue weighted by molar-refractivity contribution is 9.10. The lowest BCUT2D eigenvalue weighted by Crippen LogP contribution is -2.16. The number of aliphatic hydroxyl groups excluding tert-OH is 1. The van der Waals surface area contributed by atoms with E-state index in [2.05, 4.69) is 31.2 Å². The maximum Gasteiger partial charge on any atom is 0.134 e. The SMILES string of the molecule is CC(O)CNc1cc(Br)nc(C(C)C)n1. The molecule has 1 unspecified atom stereocenters. The monoisotopic (exact) mass is 273 g/mol. The van der Waals surface area contributed by atoms with Crippen LogP contribution in [0.5, 0.6) is 0 Å². The maximum absolute atomic E-state index is 9.14. The van der Waals surface area contributed by atoms with Crippen molar-refractivity contribution in [1.82, 2.24) is 9.97 Å². The third-order valence-corrected chi connectivity index (χ3v) is 2.21. The Hall–Kier alpha value is -0.680. The minimum atomic E-state index is -0.388. The number of nitrogens with one attached hydrogen (secondary N) is 1. The van der Waals surface area contributed by atoms with Gasteiger partial charge in [0, 0.05) is 18.5 Å². The minimum absolute atomic E-state index is 0.287. The van der Waals surface area contributed by atoms with Crippen LogP contribution in [-0.4, -0.2) is 27.7 Å². The lowest BCUT2D eigenvalue weighted by Gasteiger charge is -2.10. The zero-order valence-electron chi connectivity index (χ0n) is 9.16. The summed E-state index contributed by atoms with van der Waals surface area (Å²) in [6.45, 7) is 6.30. The highest BCUT2D eigenvalue weighted by Crippen LogP contribution is 2.17. The van der Waals surface area contributed by atoms with Crippen LogP contribution in [0.4, 0.5) is 5.82 Å². The number of hydrogen-bond acceptors (Lipinski definition) is 4. The summed E-state index contributed by atoms with van der Waals surface area (Å²) in [4.78, 5) is 8.61. The normalized spacial score (nSPS) is 12.9. The van der Waals surface area contributed by atoms with Gasteiger partial charge in [0.2, 0.25) is 0 Å². The van der Waals surface area contributed by atoms with Gasteiger partial charge >= 0.3 is 0 Å². The van der Waals surface area contributed by atoms with Gasteiger partial charge in [0.05, 0.1) is 6.10 Å². The third kappa shape index (κ3) is 4.13. The number of aliphatic hydroxyl groups is 1. The van der Waals surface area contributed by atoms with Gasteiger partial charge in [-0.25, -0.2) is 9.97 Å². The van der Waals surface area contributed by atoms with Crippen molar-refractivity contribution in [3.63, 3.8) is 0 Å². The summed E-state index contributed by atoms with van der Waals surface area (Å²) in [5.74, 6) is 1.81. The molecule has 0 radical (unpaired) electrons. The molecule has 2 N–H and O–H groups in total. The molecule has 5 heteroatoms. The summed E-state index contributed by atoms with van der Waals surface area (Å²) in [7, 11) is 0. The van der Waals surface area contributed by atoms with Gasteiger partial charge in [0.25, 0.3) is 0 Å². The largest absolute Gasteiger partial charge is 0.392 e. The Kier molecular flexibility index (Phi) is 4.47. The van der Waals surface area contributed by atoms with Gasteiger partial charge in [-0.1, -0.05) is 13.8 Å². The summed E-state index contributed by atoms with van der Waals surface area (Å²) in [5, 5.41) is 12.2. The smallest absolute Gasteiger partial charge is 0.134 e. The molecule has 1 heterocycles. The third-order valence-electron chi connectivity index (χ3n) is 1.81. The van der Waals surface area contributed by atoms with Gasteiger partial charge < -0.3 is 10.4 Å². The fourth-order valence-corrected chi connectivity index (χ4v) is 1.43. The van der Waals surface area contributed by atoms with Crippen LogP contribution in [0.1, 0.15) is 32.5 Å². The van der Waals surface area contributed by atoms with Crippen molar-refractivity contribution >= 4 is 21.7 Å². The van der Waals surface area contributed by atoms with Gasteiger partial charge in [-0.2, -0.15) is 0 Å². The Bertz CT molecular complexity index is 328.